The first kappa shape index (κ1) is 16.7. The van der Waals surface area contributed by atoms with Gasteiger partial charge in [0.1, 0.15) is 0 Å². The molecule has 3 unspecified atom stereocenters. The fraction of sp³-hybridized carbons (Fsp3) is 0.600. The molecule has 0 aromatic heterocycles. The van der Waals surface area contributed by atoms with Crippen LogP contribution in [0.3, 0.4) is 0 Å². The summed E-state index contributed by atoms with van der Waals surface area (Å²) in [6.07, 6.45) is -2.64. The first-order valence-electron chi connectivity index (χ1n) is 7.56. The lowest BCUT2D eigenvalue weighted by molar-refractivity contribution is -0.137. The van der Waals surface area contributed by atoms with Crippen LogP contribution in [-0.4, -0.2) is 31.9 Å². The molecule has 4 nitrogen and oxygen atoms in total. The van der Waals surface area contributed by atoms with Crippen LogP contribution < -0.4 is 5.73 Å². The summed E-state index contributed by atoms with van der Waals surface area (Å²) in [6.45, 7) is 0.812. The second-order valence-electron chi connectivity index (χ2n) is 6.44. The quantitative estimate of drug-likeness (QED) is 0.911. The SMILES string of the molecule is NC1CCC2CN(S(=O)(=O)Cc3cccc(C(F)(F)F)c3)CC12. The molecule has 1 saturated heterocycles. The van der Waals surface area contributed by atoms with E-state index in [4.69, 9.17) is 5.73 Å². The van der Waals surface area contributed by atoms with E-state index in [0.29, 0.717) is 13.1 Å². The Kier molecular flexibility index (Phi) is 4.18. The maximum absolute atomic E-state index is 12.7. The van der Waals surface area contributed by atoms with Crippen molar-refractivity contribution in [1.29, 1.82) is 0 Å². The van der Waals surface area contributed by atoms with Gasteiger partial charge >= 0.3 is 6.18 Å². The van der Waals surface area contributed by atoms with Crippen LogP contribution in [0.1, 0.15) is 24.0 Å². The lowest BCUT2D eigenvalue weighted by Gasteiger charge is -2.19. The van der Waals surface area contributed by atoms with Gasteiger partial charge in [0, 0.05) is 19.1 Å². The topological polar surface area (TPSA) is 63.4 Å². The van der Waals surface area contributed by atoms with Gasteiger partial charge < -0.3 is 5.73 Å². The molecule has 8 heteroatoms. The molecule has 1 heterocycles. The molecule has 23 heavy (non-hydrogen) atoms. The second-order valence-corrected chi connectivity index (χ2v) is 8.41. The van der Waals surface area contributed by atoms with Crippen LogP contribution in [0.25, 0.3) is 0 Å². The molecule has 0 amide bonds. The van der Waals surface area contributed by atoms with Crippen LogP contribution in [0.5, 0.6) is 0 Å². The Hall–Kier alpha value is -1.12. The summed E-state index contributed by atoms with van der Waals surface area (Å²) in [6, 6.07) is 4.52. The minimum absolute atomic E-state index is 0.0220. The van der Waals surface area contributed by atoms with Crippen molar-refractivity contribution < 1.29 is 21.6 Å². The maximum Gasteiger partial charge on any atom is 0.416 e. The van der Waals surface area contributed by atoms with E-state index in [0.717, 1.165) is 25.0 Å². The van der Waals surface area contributed by atoms with Crippen molar-refractivity contribution in [2.75, 3.05) is 13.1 Å². The van der Waals surface area contributed by atoms with Crippen LogP contribution in [0.2, 0.25) is 0 Å². The third-order valence-electron chi connectivity index (χ3n) is 4.88. The van der Waals surface area contributed by atoms with Crippen LogP contribution in [-0.2, 0) is 22.0 Å². The zero-order valence-corrected chi connectivity index (χ0v) is 13.3. The van der Waals surface area contributed by atoms with Crippen LogP contribution in [0.4, 0.5) is 13.2 Å². The van der Waals surface area contributed by atoms with Gasteiger partial charge in [-0.2, -0.15) is 13.2 Å². The molecule has 0 radical (unpaired) electrons. The predicted octanol–water partition coefficient (Wildman–Crippen LogP) is 2.20. The van der Waals surface area contributed by atoms with E-state index in [1.807, 2.05) is 0 Å². The van der Waals surface area contributed by atoms with Gasteiger partial charge in [0.25, 0.3) is 0 Å². The van der Waals surface area contributed by atoms with E-state index in [1.54, 1.807) is 0 Å². The smallest absolute Gasteiger partial charge is 0.327 e. The summed E-state index contributed by atoms with van der Waals surface area (Å²) >= 11 is 0. The number of fused-ring (bicyclic) bond motifs is 1. The van der Waals surface area contributed by atoms with E-state index >= 15 is 0 Å². The lowest BCUT2D eigenvalue weighted by atomic mass is 9.98. The monoisotopic (exact) mass is 348 g/mol. The fourth-order valence-corrected chi connectivity index (χ4v) is 5.23. The fourth-order valence-electron chi connectivity index (χ4n) is 3.63. The highest BCUT2D eigenvalue weighted by molar-refractivity contribution is 7.88. The van der Waals surface area contributed by atoms with Gasteiger partial charge in [-0.1, -0.05) is 18.2 Å². The van der Waals surface area contributed by atoms with Crippen molar-refractivity contribution >= 4 is 10.0 Å². The summed E-state index contributed by atoms with van der Waals surface area (Å²) in [5.41, 5.74) is 5.32. The number of alkyl halides is 3. The largest absolute Gasteiger partial charge is 0.416 e. The number of halogens is 3. The standard InChI is InChI=1S/C15H19F3N2O2S/c16-15(17,18)12-3-1-2-10(6-12)9-23(21,22)20-7-11-4-5-14(19)13(11)8-20/h1-3,6,11,13-14H,4-5,7-9,19H2. The number of sulfonamides is 1. The molecule has 0 bridgehead atoms. The molecule has 1 aliphatic carbocycles. The number of rotatable bonds is 3. The molecule has 3 atom stereocenters. The van der Waals surface area contributed by atoms with Gasteiger partial charge in [0.15, 0.2) is 0 Å². The van der Waals surface area contributed by atoms with Crippen molar-refractivity contribution in [3.63, 3.8) is 0 Å². The van der Waals surface area contributed by atoms with Crippen LogP contribution in [0.15, 0.2) is 24.3 Å². The van der Waals surface area contributed by atoms with Gasteiger partial charge in [-0.15, -0.1) is 0 Å². The minimum Gasteiger partial charge on any atom is -0.327 e. The summed E-state index contributed by atoms with van der Waals surface area (Å²) in [4.78, 5) is 0. The lowest BCUT2D eigenvalue weighted by Crippen LogP contribution is -2.34. The van der Waals surface area contributed by atoms with E-state index < -0.39 is 27.5 Å². The average molecular weight is 348 g/mol. The Morgan fingerprint density at radius 3 is 2.61 bits per heavy atom. The second kappa shape index (κ2) is 5.75. The van der Waals surface area contributed by atoms with Crippen molar-refractivity contribution in [3.8, 4) is 0 Å². The molecule has 1 aromatic carbocycles. The molecule has 1 aromatic rings. The van der Waals surface area contributed by atoms with Crippen molar-refractivity contribution in [2.45, 2.75) is 30.8 Å². The predicted molar refractivity (Wildman–Crippen MR) is 79.8 cm³/mol. The Balaban J connectivity index is 1.75. The first-order valence-corrected chi connectivity index (χ1v) is 9.17. The number of nitrogens with zero attached hydrogens (tertiary/aromatic N) is 1. The normalized spacial score (nSPS) is 29.0. The Morgan fingerprint density at radius 1 is 1.22 bits per heavy atom. The molecule has 2 N–H and O–H groups in total. The third kappa shape index (κ3) is 3.39. The zero-order chi connectivity index (χ0) is 16.8. The molecular weight excluding hydrogens is 329 g/mol. The number of hydrogen-bond donors (Lipinski definition) is 1. The third-order valence-corrected chi connectivity index (χ3v) is 6.66. The van der Waals surface area contributed by atoms with Crippen molar-refractivity contribution in [2.24, 2.45) is 17.6 Å². The van der Waals surface area contributed by atoms with Gasteiger partial charge in [-0.05, 0) is 36.3 Å². The summed E-state index contributed by atoms with van der Waals surface area (Å²) in [5.74, 6) is 0.0403. The highest BCUT2D eigenvalue weighted by Crippen LogP contribution is 2.38. The van der Waals surface area contributed by atoms with Crippen LogP contribution in [0, 0.1) is 11.8 Å². The summed E-state index contributed by atoms with van der Waals surface area (Å²) in [5, 5.41) is 0. The van der Waals surface area contributed by atoms with Crippen LogP contribution >= 0.6 is 0 Å². The molecule has 128 valence electrons. The highest BCUT2D eigenvalue weighted by Gasteiger charge is 2.44. The number of nitrogens with two attached hydrogens (primary N) is 1. The Labute approximate surface area is 133 Å². The molecule has 1 saturated carbocycles. The van der Waals surface area contributed by atoms with Gasteiger partial charge in [-0.25, -0.2) is 12.7 Å². The summed E-state index contributed by atoms with van der Waals surface area (Å²) < 4.78 is 64.6. The minimum atomic E-state index is -4.47. The van der Waals surface area contributed by atoms with Gasteiger partial charge in [-0.3, -0.25) is 0 Å². The van der Waals surface area contributed by atoms with Gasteiger partial charge in [0.05, 0.1) is 11.3 Å². The maximum atomic E-state index is 12.7. The van der Waals surface area contributed by atoms with E-state index in [1.165, 1.54) is 16.4 Å². The number of hydrogen-bond acceptors (Lipinski definition) is 3. The molecule has 1 aliphatic heterocycles. The van der Waals surface area contributed by atoms with Crippen molar-refractivity contribution in [3.05, 3.63) is 35.4 Å². The average Bonchev–Trinajstić information content (AvgIpc) is 3.01. The van der Waals surface area contributed by atoms with E-state index in [9.17, 15) is 21.6 Å². The molecule has 0 spiro atoms. The first-order chi connectivity index (χ1) is 10.7. The molecule has 3 rings (SSSR count). The number of benzene rings is 1. The Morgan fingerprint density at radius 2 is 1.96 bits per heavy atom. The van der Waals surface area contributed by atoms with E-state index in [2.05, 4.69) is 0 Å². The highest BCUT2D eigenvalue weighted by atomic mass is 32.2. The zero-order valence-electron chi connectivity index (χ0n) is 12.5. The van der Waals surface area contributed by atoms with Crippen molar-refractivity contribution in [1.82, 2.24) is 4.31 Å². The molecule has 2 aliphatic rings. The molecular formula is C15H19F3N2O2S. The van der Waals surface area contributed by atoms with Gasteiger partial charge in [0.2, 0.25) is 10.0 Å². The Bertz CT molecular complexity index is 690. The molecule has 2 fully saturated rings. The summed E-state index contributed by atoms with van der Waals surface area (Å²) in [7, 11) is -3.63. The van der Waals surface area contributed by atoms with E-state index in [-0.39, 0.29) is 23.4 Å².